The van der Waals surface area contributed by atoms with E-state index in [1.807, 2.05) is 44.2 Å². The first kappa shape index (κ1) is 15.5. The predicted octanol–water partition coefficient (Wildman–Crippen LogP) is 3.86. The smallest absolute Gasteiger partial charge is 0.0981 e. The lowest BCUT2D eigenvalue weighted by Crippen LogP contribution is -2.41. The van der Waals surface area contributed by atoms with Crippen molar-refractivity contribution < 1.29 is 8.95 Å². The molecule has 2 nitrogen and oxygen atoms in total. The number of allylic oxidation sites excluding steroid dienone is 1. The first-order chi connectivity index (χ1) is 9.54. The highest BCUT2D eigenvalue weighted by atomic mass is 32.2. The fraction of sp³-hybridized carbons (Fsp3) is 0.529. The molecule has 0 saturated carbocycles. The Hall–Kier alpha value is -0.930. The summed E-state index contributed by atoms with van der Waals surface area (Å²) in [4.78, 5) is 0.890. The van der Waals surface area contributed by atoms with Gasteiger partial charge in [0.2, 0.25) is 0 Å². The highest BCUT2D eigenvalue weighted by molar-refractivity contribution is 7.85. The molecule has 0 aliphatic carbocycles. The van der Waals surface area contributed by atoms with Crippen LogP contribution in [-0.2, 0) is 15.5 Å². The van der Waals surface area contributed by atoms with Gasteiger partial charge in [0.1, 0.15) is 0 Å². The molecule has 0 bridgehead atoms. The molecule has 110 valence electrons. The fourth-order valence-corrected chi connectivity index (χ4v) is 3.92. The number of aryl methyl sites for hydroxylation is 1. The van der Waals surface area contributed by atoms with E-state index in [4.69, 9.17) is 4.74 Å². The van der Waals surface area contributed by atoms with Gasteiger partial charge < -0.3 is 4.74 Å². The summed E-state index contributed by atoms with van der Waals surface area (Å²) in [6.07, 6.45) is 6.19. The molecule has 0 unspecified atom stereocenters. The summed E-state index contributed by atoms with van der Waals surface area (Å²) >= 11 is 0. The van der Waals surface area contributed by atoms with E-state index in [1.54, 1.807) is 0 Å². The van der Waals surface area contributed by atoms with E-state index in [1.165, 1.54) is 5.56 Å². The van der Waals surface area contributed by atoms with E-state index >= 15 is 0 Å². The van der Waals surface area contributed by atoms with Crippen molar-refractivity contribution in [1.29, 1.82) is 0 Å². The first-order valence-corrected chi connectivity index (χ1v) is 8.59. The van der Waals surface area contributed by atoms with Gasteiger partial charge in [-0.1, -0.05) is 36.8 Å². The summed E-state index contributed by atoms with van der Waals surface area (Å²) in [5, 5.41) is 0. The summed E-state index contributed by atoms with van der Waals surface area (Å²) in [7, 11) is -1.02. The molecular weight excluding hydrogens is 268 g/mol. The Bertz CT molecular complexity index is 482. The van der Waals surface area contributed by atoms with Gasteiger partial charge in [-0.25, -0.2) is 0 Å². The SMILES string of the molecule is C/C=C/[C@]1(C[S@@](=O)c2ccc(C)cc2)CC[C@@H](C)CO1. The van der Waals surface area contributed by atoms with Gasteiger partial charge in [0, 0.05) is 4.90 Å². The van der Waals surface area contributed by atoms with Crippen LogP contribution in [-0.4, -0.2) is 22.2 Å². The monoisotopic (exact) mass is 292 g/mol. The van der Waals surface area contributed by atoms with Crippen molar-refractivity contribution in [3.8, 4) is 0 Å². The molecule has 0 amide bonds. The van der Waals surface area contributed by atoms with E-state index in [-0.39, 0.29) is 5.60 Å². The van der Waals surface area contributed by atoms with Crippen LogP contribution >= 0.6 is 0 Å². The molecule has 0 radical (unpaired) electrons. The molecule has 1 aliphatic rings. The lowest BCUT2D eigenvalue weighted by atomic mass is 9.90. The van der Waals surface area contributed by atoms with Crippen molar-refractivity contribution in [3.63, 3.8) is 0 Å². The van der Waals surface area contributed by atoms with Gasteiger partial charge in [-0.15, -0.1) is 0 Å². The zero-order valence-corrected chi connectivity index (χ0v) is 13.4. The highest BCUT2D eigenvalue weighted by Gasteiger charge is 2.34. The molecular formula is C17H24O2S. The molecule has 2 rings (SSSR count). The second-order valence-electron chi connectivity index (χ2n) is 5.82. The van der Waals surface area contributed by atoms with Gasteiger partial charge in [0.25, 0.3) is 0 Å². The van der Waals surface area contributed by atoms with Crippen molar-refractivity contribution in [3.05, 3.63) is 42.0 Å². The van der Waals surface area contributed by atoms with Crippen molar-refractivity contribution in [2.75, 3.05) is 12.4 Å². The number of ether oxygens (including phenoxy) is 1. The molecule has 20 heavy (non-hydrogen) atoms. The number of rotatable bonds is 4. The Morgan fingerprint density at radius 3 is 2.65 bits per heavy atom. The van der Waals surface area contributed by atoms with E-state index in [2.05, 4.69) is 13.0 Å². The van der Waals surface area contributed by atoms with Gasteiger partial charge in [0.15, 0.2) is 0 Å². The van der Waals surface area contributed by atoms with Gasteiger partial charge >= 0.3 is 0 Å². The normalized spacial score (nSPS) is 28.6. The molecule has 0 aromatic heterocycles. The van der Waals surface area contributed by atoms with Crippen LogP contribution in [0.3, 0.4) is 0 Å². The quantitative estimate of drug-likeness (QED) is 0.788. The third-order valence-electron chi connectivity index (χ3n) is 3.85. The second kappa shape index (κ2) is 6.68. The number of hydrogen-bond donors (Lipinski definition) is 0. The average Bonchev–Trinajstić information content (AvgIpc) is 2.43. The Kier molecular flexibility index (Phi) is 5.17. The van der Waals surface area contributed by atoms with Crippen LogP contribution in [0.5, 0.6) is 0 Å². The molecule has 3 atom stereocenters. The largest absolute Gasteiger partial charge is 0.370 e. The van der Waals surface area contributed by atoms with Crippen LogP contribution in [0.25, 0.3) is 0 Å². The zero-order valence-electron chi connectivity index (χ0n) is 12.6. The standard InChI is InChI=1S/C17H24O2S/c1-4-10-17(11-9-15(3)12-19-17)13-20(18)16-7-5-14(2)6-8-16/h4-8,10,15H,9,11-13H2,1-3H3/b10-4+/t15-,17-,20-/m1/s1. The fourth-order valence-electron chi connectivity index (χ4n) is 2.55. The van der Waals surface area contributed by atoms with Crippen molar-refractivity contribution in [2.24, 2.45) is 5.92 Å². The van der Waals surface area contributed by atoms with Gasteiger partial charge in [-0.05, 0) is 44.7 Å². The maximum Gasteiger partial charge on any atom is 0.0981 e. The van der Waals surface area contributed by atoms with Crippen LogP contribution in [0.4, 0.5) is 0 Å². The van der Waals surface area contributed by atoms with Crippen LogP contribution in [0.1, 0.15) is 32.3 Å². The molecule has 1 aliphatic heterocycles. The van der Waals surface area contributed by atoms with Crippen LogP contribution in [0, 0.1) is 12.8 Å². The summed E-state index contributed by atoms with van der Waals surface area (Å²) in [5.74, 6) is 1.15. The summed E-state index contributed by atoms with van der Waals surface area (Å²) in [6.45, 7) is 7.00. The molecule has 3 heteroatoms. The number of hydrogen-bond acceptors (Lipinski definition) is 2. The maximum atomic E-state index is 12.6. The predicted molar refractivity (Wildman–Crippen MR) is 84.3 cm³/mol. The Morgan fingerprint density at radius 2 is 2.10 bits per heavy atom. The molecule has 1 saturated heterocycles. The minimum atomic E-state index is -1.02. The molecule has 1 aromatic carbocycles. The lowest BCUT2D eigenvalue weighted by Gasteiger charge is -2.37. The van der Waals surface area contributed by atoms with Crippen LogP contribution in [0.15, 0.2) is 41.3 Å². The van der Waals surface area contributed by atoms with Crippen molar-refractivity contribution in [2.45, 2.75) is 44.1 Å². The number of benzene rings is 1. The summed E-state index contributed by atoms with van der Waals surface area (Å²) in [5.41, 5.74) is 0.841. The zero-order chi connectivity index (χ0) is 14.6. The third kappa shape index (κ3) is 3.80. The van der Waals surface area contributed by atoms with Crippen LogP contribution in [0.2, 0.25) is 0 Å². The lowest BCUT2D eigenvalue weighted by molar-refractivity contribution is -0.0503. The Labute approximate surface area is 124 Å². The summed E-state index contributed by atoms with van der Waals surface area (Å²) < 4.78 is 18.6. The van der Waals surface area contributed by atoms with E-state index in [0.29, 0.717) is 11.7 Å². The second-order valence-corrected chi connectivity index (χ2v) is 7.27. The van der Waals surface area contributed by atoms with Gasteiger partial charge in [0.05, 0.1) is 28.8 Å². The maximum absolute atomic E-state index is 12.6. The molecule has 1 aromatic rings. The first-order valence-electron chi connectivity index (χ1n) is 7.27. The molecule has 0 spiro atoms. The Morgan fingerprint density at radius 1 is 1.40 bits per heavy atom. The molecule has 0 N–H and O–H groups in total. The van der Waals surface area contributed by atoms with E-state index in [0.717, 1.165) is 24.3 Å². The van der Waals surface area contributed by atoms with Gasteiger partial charge in [-0.2, -0.15) is 0 Å². The van der Waals surface area contributed by atoms with E-state index in [9.17, 15) is 4.21 Å². The van der Waals surface area contributed by atoms with Crippen molar-refractivity contribution >= 4 is 10.8 Å². The average molecular weight is 292 g/mol. The van der Waals surface area contributed by atoms with Crippen molar-refractivity contribution in [1.82, 2.24) is 0 Å². The molecule has 1 fully saturated rings. The summed E-state index contributed by atoms with van der Waals surface area (Å²) in [6, 6.07) is 7.94. The minimum Gasteiger partial charge on any atom is -0.370 e. The van der Waals surface area contributed by atoms with Gasteiger partial charge in [-0.3, -0.25) is 4.21 Å². The topological polar surface area (TPSA) is 26.3 Å². The minimum absolute atomic E-state index is 0.350. The van der Waals surface area contributed by atoms with Crippen LogP contribution < -0.4 is 0 Å². The third-order valence-corrected chi connectivity index (χ3v) is 5.39. The highest BCUT2D eigenvalue weighted by Crippen LogP contribution is 2.31. The Balaban J connectivity index is 2.12. The molecule has 1 heterocycles. The van der Waals surface area contributed by atoms with E-state index < -0.39 is 10.8 Å².